The summed E-state index contributed by atoms with van der Waals surface area (Å²) in [6.45, 7) is 4.34. The highest BCUT2D eigenvalue weighted by Gasteiger charge is 2.32. The molecule has 1 fully saturated rings. The quantitative estimate of drug-likeness (QED) is 0.887. The number of hydrogen-bond acceptors (Lipinski definition) is 3. The van der Waals surface area contributed by atoms with Gasteiger partial charge in [-0.25, -0.2) is 4.39 Å². The van der Waals surface area contributed by atoms with Gasteiger partial charge in [0.25, 0.3) is 0 Å². The number of benzene rings is 1. The van der Waals surface area contributed by atoms with Crippen molar-refractivity contribution >= 4 is 35.1 Å². The van der Waals surface area contributed by atoms with Gasteiger partial charge in [0.15, 0.2) is 0 Å². The first-order chi connectivity index (χ1) is 8.49. The molecule has 4 unspecified atom stereocenters. The van der Waals surface area contributed by atoms with Crippen LogP contribution >= 0.6 is 35.1 Å². The Labute approximate surface area is 120 Å². The maximum Gasteiger partial charge on any atom is 0.130 e. The Hall–Kier alpha value is 0.1000. The Balaban J connectivity index is 2.13. The minimum atomic E-state index is -0.769. The first-order valence-electron chi connectivity index (χ1n) is 5.89. The zero-order valence-electron chi connectivity index (χ0n) is 10.3. The van der Waals surface area contributed by atoms with Crippen LogP contribution in [0.1, 0.15) is 25.5 Å². The molecule has 1 aromatic rings. The Morgan fingerprint density at radius 1 is 1.39 bits per heavy atom. The lowest BCUT2D eigenvalue weighted by Crippen LogP contribution is -2.30. The minimum Gasteiger partial charge on any atom is -0.387 e. The lowest BCUT2D eigenvalue weighted by Gasteiger charge is -2.34. The number of thioether (sulfide) groups is 2. The van der Waals surface area contributed by atoms with Gasteiger partial charge in [-0.2, -0.15) is 23.5 Å². The van der Waals surface area contributed by atoms with Crippen molar-refractivity contribution in [1.82, 2.24) is 0 Å². The highest BCUT2D eigenvalue weighted by Crippen LogP contribution is 2.41. The molecular weight excluding hydrogens is 291 g/mol. The van der Waals surface area contributed by atoms with E-state index in [1.54, 1.807) is 23.9 Å². The highest BCUT2D eigenvalue weighted by atomic mass is 35.5. The van der Waals surface area contributed by atoms with Gasteiger partial charge in [-0.3, -0.25) is 0 Å². The molecule has 100 valence electrons. The molecule has 1 heterocycles. The SMILES string of the molecule is CC1SCC(C(O)c2ccc(Cl)cc2F)SC1C. The number of hydrogen-bond donors (Lipinski definition) is 1. The van der Waals surface area contributed by atoms with Crippen molar-refractivity contribution in [1.29, 1.82) is 0 Å². The van der Waals surface area contributed by atoms with Crippen molar-refractivity contribution < 1.29 is 9.50 Å². The van der Waals surface area contributed by atoms with Crippen molar-refractivity contribution in [2.75, 3.05) is 5.75 Å². The second kappa shape index (κ2) is 6.04. The zero-order valence-corrected chi connectivity index (χ0v) is 12.7. The van der Waals surface area contributed by atoms with Gasteiger partial charge < -0.3 is 5.11 Å². The summed E-state index contributed by atoms with van der Waals surface area (Å²) >= 11 is 9.30. The Bertz CT molecular complexity index is 429. The molecule has 1 aliphatic rings. The predicted molar refractivity (Wildman–Crippen MR) is 79.1 cm³/mol. The molecule has 1 aromatic carbocycles. The lowest BCUT2D eigenvalue weighted by molar-refractivity contribution is 0.175. The summed E-state index contributed by atoms with van der Waals surface area (Å²) in [5.74, 6) is 0.422. The Morgan fingerprint density at radius 2 is 2.11 bits per heavy atom. The average molecular weight is 307 g/mol. The van der Waals surface area contributed by atoms with Gasteiger partial charge in [0.1, 0.15) is 5.82 Å². The second-order valence-corrected chi connectivity index (χ2v) is 8.00. The van der Waals surface area contributed by atoms with E-state index < -0.39 is 11.9 Å². The standard InChI is InChI=1S/C13H16ClFOS2/c1-7-8(2)18-12(6-17-7)13(16)10-4-3-9(14)5-11(10)15/h3-5,7-8,12-13,16H,6H2,1-2H3. The van der Waals surface area contributed by atoms with Gasteiger partial charge in [0.05, 0.1) is 6.10 Å². The second-order valence-electron chi connectivity index (χ2n) is 4.53. The molecule has 1 N–H and O–H groups in total. The fraction of sp³-hybridized carbons (Fsp3) is 0.538. The van der Waals surface area contributed by atoms with E-state index in [1.807, 2.05) is 11.8 Å². The van der Waals surface area contributed by atoms with Crippen LogP contribution in [0.5, 0.6) is 0 Å². The van der Waals surface area contributed by atoms with E-state index in [4.69, 9.17) is 11.6 Å². The molecular formula is C13H16ClFOS2. The third-order valence-electron chi connectivity index (χ3n) is 3.21. The average Bonchev–Trinajstić information content (AvgIpc) is 2.32. The molecule has 0 aromatic heterocycles. The first-order valence-corrected chi connectivity index (χ1v) is 8.26. The van der Waals surface area contributed by atoms with Crippen LogP contribution in [0.25, 0.3) is 0 Å². The number of halogens is 2. The summed E-state index contributed by atoms with van der Waals surface area (Å²) in [5.41, 5.74) is 0.347. The van der Waals surface area contributed by atoms with E-state index in [1.165, 1.54) is 6.07 Å². The summed E-state index contributed by atoms with van der Waals surface area (Å²) in [5, 5.41) is 11.7. The summed E-state index contributed by atoms with van der Waals surface area (Å²) in [7, 11) is 0. The normalized spacial score (nSPS) is 30.2. The van der Waals surface area contributed by atoms with Crippen molar-refractivity contribution in [3.05, 3.63) is 34.6 Å². The molecule has 5 heteroatoms. The van der Waals surface area contributed by atoms with Gasteiger partial charge in [-0.15, -0.1) is 0 Å². The lowest BCUT2D eigenvalue weighted by atomic mass is 10.1. The van der Waals surface area contributed by atoms with Crippen LogP contribution in [0.2, 0.25) is 5.02 Å². The monoisotopic (exact) mass is 306 g/mol. The summed E-state index contributed by atoms with van der Waals surface area (Å²) in [6.07, 6.45) is -0.769. The van der Waals surface area contributed by atoms with Gasteiger partial charge in [0.2, 0.25) is 0 Å². The topological polar surface area (TPSA) is 20.2 Å². The summed E-state index contributed by atoms with van der Waals surface area (Å²) in [4.78, 5) is 0. The van der Waals surface area contributed by atoms with Gasteiger partial charge in [-0.05, 0) is 12.1 Å². The van der Waals surface area contributed by atoms with Crippen molar-refractivity contribution in [2.45, 2.75) is 35.7 Å². The minimum absolute atomic E-state index is 0.0388. The van der Waals surface area contributed by atoms with Gasteiger partial charge in [-0.1, -0.05) is 31.5 Å². The maximum absolute atomic E-state index is 13.8. The van der Waals surface area contributed by atoms with Crippen LogP contribution in [0, 0.1) is 5.82 Å². The Morgan fingerprint density at radius 3 is 2.72 bits per heavy atom. The van der Waals surface area contributed by atoms with Crippen molar-refractivity contribution in [2.24, 2.45) is 0 Å². The molecule has 18 heavy (non-hydrogen) atoms. The molecule has 4 atom stereocenters. The highest BCUT2D eigenvalue weighted by molar-refractivity contribution is 8.07. The van der Waals surface area contributed by atoms with E-state index in [0.717, 1.165) is 5.75 Å². The van der Waals surface area contributed by atoms with Crippen LogP contribution < -0.4 is 0 Å². The Kier molecular flexibility index (Phi) is 4.86. The van der Waals surface area contributed by atoms with Crippen molar-refractivity contribution in [3.63, 3.8) is 0 Å². The van der Waals surface area contributed by atoms with E-state index >= 15 is 0 Å². The molecule has 1 saturated heterocycles. The van der Waals surface area contributed by atoms with Crippen LogP contribution in [0.4, 0.5) is 4.39 Å². The molecule has 1 aliphatic heterocycles. The smallest absolute Gasteiger partial charge is 0.130 e. The van der Waals surface area contributed by atoms with E-state index in [-0.39, 0.29) is 5.25 Å². The van der Waals surface area contributed by atoms with Crippen LogP contribution in [-0.2, 0) is 0 Å². The number of aliphatic hydroxyl groups excluding tert-OH is 1. The summed E-state index contributed by atoms with van der Waals surface area (Å²) < 4.78 is 13.8. The van der Waals surface area contributed by atoms with Crippen LogP contribution in [0.15, 0.2) is 18.2 Å². The fourth-order valence-electron chi connectivity index (χ4n) is 1.91. The molecule has 0 aliphatic carbocycles. The molecule has 0 spiro atoms. The molecule has 0 radical (unpaired) electrons. The molecule has 0 amide bonds. The maximum atomic E-state index is 13.8. The van der Waals surface area contributed by atoms with E-state index in [2.05, 4.69) is 13.8 Å². The number of rotatable bonds is 2. The predicted octanol–water partition coefficient (Wildman–Crippen LogP) is 4.14. The zero-order chi connectivity index (χ0) is 13.3. The third-order valence-corrected chi connectivity index (χ3v) is 6.92. The summed E-state index contributed by atoms with van der Waals surface area (Å²) in [6, 6.07) is 4.46. The first kappa shape index (κ1) is 14.5. The number of aliphatic hydroxyl groups is 1. The molecule has 0 saturated carbocycles. The molecule has 0 bridgehead atoms. The fourth-order valence-corrected chi connectivity index (χ4v) is 5.07. The van der Waals surface area contributed by atoms with E-state index in [9.17, 15) is 9.50 Å². The third kappa shape index (κ3) is 3.16. The molecule has 2 rings (SSSR count). The molecule has 1 nitrogen and oxygen atoms in total. The van der Waals surface area contributed by atoms with Gasteiger partial charge in [0, 0.05) is 32.1 Å². The van der Waals surface area contributed by atoms with E-state index in [0.29, 0.717) is 21.1 Å². The van der Waals surface area contributed by atoms with Gasteiger partial charge >= 0.3 is 0 Å². The van der Waals surface area contributed by atoms with Crippen LogP contribution in [-0.4, -0.2) is 26.6 Å². The van der Waals surface area contributed by atoms with Crippen molar-refractivity contribution in [3.8, 4) is 0 Å². The van der Waals surface area contributed by atoms with Crippen LogP contribution in [0.3, 0.4) is 0 Å². The largest absolute Gasteiger partial charge is 0.387 e.